The molecule has 1 amide bonds. The first-order valence-electron chi connectivity index (χ1n) is 5.88. The summed E-state index contributed by atoms with van der Waals surface area (Å²) in [7, 11) is 0. The molecule has 0 saturated heterocycles. The second-order valence-electron chi connectivity index (χ2n) is 4.37. The first-order valence-corrected chi connectivity index (χ1v) is 6.33. The molecule has 0 unspecified atom stereocenters. The Morgan fingerprint density at radius 1 is 1.21 bits per heavy atom. The molecule has 98 valence electrons. The number of aryl methyl sites for hydroxylation is 1. The van der Waals surface area contributed by atoms with Gasteiger partial charge in [0.15, 0.2) is 0 Å². The molecule has 4 heteroatoms. The highest BCUT2D eigenvalue weighted by molar-refractivity contribution is 7.80. The van der Waals surface area contributed by atoms with Crippen LogP contribution in [0.25, 0.3) is 0 Å². The molecule has 0 aliphatic rings. The van der Waals surface area contributed by atoms with Crippen LogP contribution >= 0.6 is 12.6 Å². The first kappa shape index (κ1) is 13.6. The van der Waals surface area contributed by atoms with Crippen LogP contribution in [-0.2, 0) is 11.2 Å². The summed E-state index contributed by atoms with van der Waals surface area (Å²) in [5.41, 5.74) is 1.98. The highest BCUT2D eigenvalue weighted by atomic mass is 32.1. The quantitative estimate of drug-likeness (QED) is 0.823. The number of anilines is 1. The molecule has 0 heterocycles. The van der Waals surface area contributed by atoms with Gasteiger partial charge in [-0.3, -0.25) is 4.79 Å². The van der Waals surface area contributed by atoms with Crippen molar-refractivity contribution in [2.45, 2.75) is 18.2 Å². The zero-order chi connectivity index (χ0) is 13.8. The Morgan fingerprint density at radius 3 is 2.58 bits per heavy atom. The van der Waals surface area contributed by atoms with Gasteiger partial charge < -0.3 is 5.32 Å². The number of hydrogen-bond donors (Lipinski definition) is 2. The number of carbonyl (C=O) groups is 1. The summed E-state index contributed by atoms with van der Waals surface area (Å²) in [6.07, 6.45) is 0.210. The van der Waals surface area contributed by atoms with Gasteiger partial charge in [-0.25, -0.2) is 4.39 Å². The second kappa shape index (κ2) is 5.89. The van der Waals surface area contributed by atoms with E-state index < -0.39 is 5.82 Å². The molecular formula is C15H14FNOS. The van der Waals surface area contributed by atoms with Gasteiger partial charge in [0.2, 0.25) is 5.91 Å². The van der Waals surface area contributed by atoms with Crippen molar-refractivity contribution >= 4 is 24.2 Å². The van der Waals surface area contributed by atoms with Crippen LogP contribution in [0, 0.1) is 12.7 Å². The van der Waals surface area contributed by atoms with Crippen LogP contribution in [0.4, 0.5) is 10.1 Å². The summed E-state index contributed by atoms with van der Waals surface area (Å²) in [6.45, 7) is 1.85. The minimum absolute atomic E-state index is 0.210. The number of nitrogens with one attached hydrogen (secondary N) is 1. The van der Waals surface area contributed by atoms with E-state index in [0.29, 0.717) is 0 Å². The van der Waals surface area contributed by atoms with Crippen molar-refractivity contribution in [1.29, 1.82) is 0 Å². The average molecular weight is 275 g/mol. The van der Waals surface area contributed by atoms with Crippen LogP contribution < -0.4 is 5.32 Å². The Labute approximate surface area is 117 Å². The minimum atomic E-state index is -0.426. The molecule has 0 saturated carbocycles. The number of carbonyl (C=O) groups excluding carboxylic acids is 1. The summed E-state index contributed by atoms with van der Waals surface area (Å²) >= 11 is 4.18. The summed E-state index contributed by atoms with van der Waals surface area (Å²) in [6, 6.07) is 11.9. The van der Waals surface area contributed by atoms with Crippen molar-refractivity contribution in [3.63, 3.8) is 0 Å². The number of halogens is 1. The second-order valence-corrected chi connectivity index (χ2v) is 4.89. The van der Waals surface area contributed by atoms with Crippen molar-refractivity contribution in [2.75, 3.05) is 5.32 Å². The van der Waals surface area contributed by atoms with Gasteiger partial charge in [-0.2, -0.15) is 0 Å². The smallest absolute Gasteiger partial charge is 0.228 e. The molecular weight excluding hydrogens is 261 g/mol. The van der Waals surface area contributed by atoms with E-state index in [9.17, 15) is 9.18 Å². The molecule has 0 bridgehead atoms. The third kappa shape index (κ3) is 3.83. The molecule has 2 aromatic carbocycles. The summed E-state index contributed by atoms with van der Waals surface area (Å²) < 4.78 is 13.5. The lowest BCUT2D eigenvalue weighted by Crippen LogP contribution is -2.15. The van der Waals surface area contributed by atoms with Crippen molar-refractivity contribution in [2.24, 2.45) is 0 Å². The van der Waals surface area contributed by atoms with Gasteiger partial charge in [-0.1, -0.05) is 18.2 Å². The first-order chi connectivity index (χ1) is 9.04. The van der Waals surface area contributed by atoms with E-state index in [1.807, 2.05) is 31.2 Å². The maximum Gasteiger partial charge on any atom is 0.228 e. The lowest BCUT2D eigenvalue weighted by atomic mass is 10.1. The van der Waals surface area contributed by atoms with Gasteiger partial charge >= 0.3 is 0 Å². The zero-order valence-corrected chi connectivity index (χ0v) is 11.4. The topological polar surface area (TPSA) is 29.1 Å². The number of hydrogen-bond acceptors (Lipinski definition) is 2. The number of benzene rings is 2. The number of rotatable bonds is 3. The molecule has 0 aromatic heterocycles. The standard InChI is InChI=1S/C15H14FNOS/c1-10-2-7-13(16)14(8-10)17-15(18)9-11-3-5-12(19)6-4-11/h2-8,19H,9H2,1H3,(H,17,18). The minimum Gasteiger partial charge on any atom is -0.323 e. The summed E-state index contributed by atoms with van der Waals surface area (Å²) in [5.74, 6) is -0.666. The SMILES string of the molecule is Cc1ccc(F)c(NC(=O)Cc2ccc(S)cc2)c1. The maximum absolute atomic E-state index is 13.5. The van der Waals surface area contributed by atoms with E-state index in [1.165, 1.54) is 6.07 Å². The molecule has 0 radical (unpaired) electrons. The van der Waals surface area contributed by atoms with E-state index in [1.54, 1.807) is 12.1 Å². The molecule has 0 atom stereocenters. The van der Waals surface area contributed by atoms with Gasteiger partial charge in [0.1, 0.15) is 5.82 Å². The fraction of sp³-hybridized carbons (Fsp3) is 0.133. The molecule has 2 rings (SSSR count). The van der Waals surface area contributed by atoms with Crippen molar-refractivity contribution in [3.8, 4) is 0 Å². The van der Waals surface area contributed by atoms with Crippen LogP contribution in [-0.4, -0.2) is 5.91 Å². The highest BCUT2D eigenvalue weighted by Gasteiger charge is 2.08. The molecule has 2 nitrogen and oxygen atoms in total. The molecule has 19 heavy (non-hydrogen) atoms. The molecule has 0 aliphatic carbocycles. The Bertz CT molecular complexity index is 596. The Kier molecular flexibility index (Phi) is 4.22. The third-order valence-corrected chi connectivity index (χ3v) is 3.00. The highest BCUT2D eigenvalue weighted by Crippen LogP contribution is 2.16. The Hall–Kier alpha value is -1.81. The van der Waals surface area contributed by atoms with Gasteiger partial charge in [0.05, 0.1) is 12.1 Å². The van der Waals surface area contributed by atoms with Crippen LogP contribution in [0.3, 0.4) is 0 Å². The normalized spacial score (nSPS) is 10.3. The molecule has 0 spiro atoms. The maximum atomic E-state index is 13.5. The van der Waals surface area contributed by atoms with E-state index >= 15 is 0 Å². The molecule has 2 aromatic rings. The molecule has 0 aliphatic heterocycles. The number of thiol groups is 1. The molecule has 1 N–H and O–H groups in total. The van der Waals surface area contributed by atoms with E-state index in [4.69, 9.17) is 0 Å². The third-order valence-electron chi connectivity index (χ3n) is 2.70. The summed E-state index contributed by atoms with van der Waals surface area (Å²) in [4.78, 5) is 12.7. The van der Waals surface area contributed by atoms with Gasteiger partial charge in [0.25, 0.3) is 0 Å². The lowest BCUT2D eigenvalue weighted by molar-refractivity contribution is -0.115. The predicted molar refractivity (Wildman–Crippen MR) is 77.2 cm³/mol. The van der Waals surface area contributed by atoms with Crippen molar-refractivity contribution in [1.82, 2.24) is 0 Å². The van der Waals surface area contributed by atoms with Gasteiger partial charge in [-0.15, -0.1) is 12.6 Å². The predicted octanol–water partition coefficient (Wildman–Crippen LogP) is 3.60. The van der Waals surface area contributed by atoms with E-state index in [0.717, 1.165) is 16.0 Å². The fourth-order valence-electron chi connectivity index (χ4n) is 1.73. The number of amides is 1. The van der Waals surface area contributed by atoms with Crippen LogP contribution in [0.5, 0.6) is 0 Å². The van der Waals surface area contributed by atoms with E-state index in [-0.39, 0.29) is 18.0 Å². The Balaban J connectivity index is 2.05. The largest absolute Gasteiger partial charge is 0.323 e. The van der Waals surface area contributed by atoms with Gasteiger partial charge in [0, 0.05) is 4.90 Å². The molecule has 0 fully saturated rings. The lowest BCUT2D eigenvalue weighted by Gasteiger charge is -2.07. The van der Waals surface area contributed by atoms with E-state index in [2.05, 4.69) is 17.9 Å². The monoisotopic (exact) mass is 275 g/mol. The van der Waals surface area contributed by atoms with Crippen molar-refractivity contribution < 1.29 is 9.18 Å². The zero-order valence-electron chi connectivity index (χ0n) is 10.5. The van der Waals surface area contributed by atoms with Crippen LogP contribution in [0.15, 0.2) is 47.4 Å². The van der Waals surface area contributed by atoms with Crippen molar-refractivity contribution in [3.05, 3.63) is 59.4 Å². The summed E-state index contributed by atoms with van der Waals surface area (Å²) in [5, 5.41) is 2.58. The van der Waals surface area contributed by atoms with Gasteiger partial charge in [-0.05, 0) is 42.3 Å². The Morgan fingerprint density at radius 2 is 1.89 bits per heavy atom. The average Bonchev–Trinajstić information content (AvgIpc) is 2.37. The van der Waals surface area contributed by atoms with Crippen LogP contribution in [0.2, 0.25) is 0 Å². The fourth-order valence-corrected chi connectivity index (χ4v) is 1.88. The van der Waals surface area contributed by atoms with Crippen LogP contribution in [0.1, 0.15) is 11.1 Å².